The SMILES string of the molecule is COc1ccc(C(C(C)=O)C2CCCC(=O)C2)cc1. The van der Waals surface area contributed by atoms with E-state index < -0.39 is 0 Å². The molecule has 2 atom stereocenters. The van der Waals surface area contributed by atoms with E-state index in [2.05, 4.69) is 0 Å². The lowest BCUT2D eigenvalue weighted by Gasteiger charge is -2.28. The van der Waals surface area contributed by atoms with Crippen molar-refractivity contribution in [3.63, 3.8) is 0 Å². The Bertz CT molecular complexity index is 461. The Kier molecular flexibility index (Phi) is 4.35. The Hall–Kier alpha value is -1.64. The van der Waals surface area contributed by atoms with Crippen LogP contribution >= 0.6 is 0 Å². The monoisotopic (exact) mass is 260 g/mol. The highest BCUT2D eigenvalue weighted by molar-refractivity contribution is 5.86. The highest BCUT2D eigenvalue weighted by Gasteiger charge is 2.31. The standard InChI is InChI=1S/C16H20O3/c1-11(17)16(13-4-3-5-14(18)10-13)12-6-8-15(19-2)9-7-12/h6-9,13,16H,3-5,10H2,1-2H3. The minimum absolute atomic E-state index is 0.143. The van der Waals surface area contributed by atoms with E-state index in [1.165, 1.54) is 0 Å². The van der Waals surface area contributed by atoms with Gasteiger partial charge >= 0.3 is 0 Å². The number of ketones is 2. The molecule has 3 heteroatoms. The van der Waals surface area contributed by atoms with Gasteiger partial charge in [-0.15, -0.1) is 0 Å². The van der Waals surface area contributed by atoms with Gasteiger partial charge in [-0.3, -0.25) is 9.59 Å². The third-order valence-electron chi connectivity index (χ3n) is 3.90. The third-order valence-corrected chi connectivity index (χ3v) is 3.90. The van der Waals surface area contributed by atoms with Gasteiger partial charge in [-0.1, -0.05) is 12.1 Å². The Morgan fingerprint density at radius 3 is 2.53 bits per heavy atom. The average Bonchev–Trinajstić information content (AvgIpc) is 2.39. The van der Waals surface area contributed by atoms with Gasteiger partial charge in [-0.05, 0) is 43.4 Å². The van der Waals surface area contributed by atoms with Gasteiger partial charge in [0.25, 0.3) is 0 Å². The number of methoxy groups -OCH3 is 1. The fourth-order valence-corrected chi connectivity index (χ4v) is 2.99. The Balaban J connectivity index is 2.23. The molecule has 0 aromatic heterocycles. The maximum atomic E-state index is 12.0. The van der Waals surface area contributed by atoms with E-state index >= 15 is 0 Å². The quantitative estimate of drug-likeness (QED) is 0.835. The molecule has 0 radical (unpaired) electrons. The van der Waals surface area contributed by atoms with Crippen molar-refractivity contribution < 1.29 is 14.3 Å². The van der Waals surface area contributed by atoms with Gasteiger partial charge in [0.15, 0.2) is 0 Å². The number of Topliss-reactive ketones (excluding diaryl/α,β-unsaturated/α-hetero) is 2. The van der Waals surface area contributed by atoms with Crippen molar-refractivity contribution in [1.29, 1.82) is 0 Å². The predicted molar refractivity (Wildman–Crippen MR) is 73.4 cm³/mol. The van der Waals surface area contributed by atoms with Crippen LogP contribution in [0.2, 0.25) is 0 Å². The molecule has 0 amide bonds. The normalized spacial score (nSPS) is 20.9. The second kappa shape index (κ2) is 6.00. The summed E-state index contributed by atoms with van der Waals surface area (Å²) in [4.78, 5) is 23.6. The van der Waals surface area contributed by atoms with Crippen molar-refractivity contribution >= 4 is 11.6 Å². The Morgan fingerprint density at radius 1 is 1.32 bits per heavy atom. The van der Waals surface area contributed by atoms with Crippen LogP contribution in [0.15, 0.2) is 24.3 Å². The van der Waals surface area contributed by atoms with Crippen molar-refractivity contribution in [1.82, 2.24) is 0 Å². The van der Waals surface area contributed by atoms with Gasteiger partial charge < -0.3 is 4.74 Å². The lowest BCUT2D eigenvalue weighted by atomic mass is 9.75. The number of hydrogen-bond acceptors (Lipinski definition) is 3. The van der Waals surface area contributed by atoms with Crippen LogP contribution < -0.4 is 4.74 Å². The highest BCUT2D eigenvalue weighted by atomic mass is 16.5. The molecule has 1 aromatic rings. The zero-order valence-corrected chi connectivity index (χ0v) is 11.5. The number of carbonyl (C=O) groups is 2. The van der Waals surface area contributed by atoms with Crippen molar-refractivity contribution in [3.05, 3.63) is 29.8 Å². The number of rotatable bonds is 4. The predicted octanol–water partition coefficient (Wildman–Crippen LogP) is 3.13. The fourth-order valence-electron chi connectivity index (χ4n) is 2.99. The van der Waals surface area contributed by atoms with Crippen LogP contribution in [0.1, 0.15) is 44.1 Å². The molecule has 0 spiro atoms. The summed E-state index contributed by atoms with van der Waals surface area (Å²) in [7, 11) is 1.62. The average molecular weight is 260 g/mol. The minimum atomic E-state index is -0.157. The zero-order valence-electron chi connectivity index (χ0n) is 11.5. The summed E-state index contributed by atoms with van der Waals surface area (Å²) in [6.07, 6.45) is 3.07. The molecule has 0 bridgehead atoms. The first-order valence-corrected chi connectivity index (χ1v) is 6.78. The molecule has 2 rings (SSSR count). The van der Waals surface area contributed by atoms with Gasteiger partial charge in [0.2, 0.25) is 0 Å². The molecule has 1 aromatic carbocycles. The van der Waals surface area contributed by atoms with Crippen LogP contribution in [0.3, 0.4) is 0 Å². The molecule has 1 aliphatic rings. The topological polar surface area (TPSA) is 43.4 Å². The molecule has 19 heavy (non-hydrogen) atoms. The van der Waals surface area contributed by atoms with E-state index in [1.807, 2.05) is 24.3 Å². The number of hydrogen-bond donors (Lipinski definition) is 0. The van der Waals surface area contributed by atoms with Gasteiger partial charge in [0.1, 0.15) is 17.3 Å². The molecule has 0 N–H and O–H groups in total. The van der Waals surface area contributed by atoms with E-state index in [0.717, 1.165) is 24.2 Å². The van der Waals surface area contributed by atoms with Gasteiger partial charge in [0, 0.05) is 18.8 Å². The number of ether oxygens (including phenoxy) is 1. The van der Waals surface area contributed by atoms with Crippen LogP contribution in [-0.4, -0.2) is 18.7 Å². The summed E-state index contributed by atoms with van der Waals surface area (Å²) in [5.41, 5.74) is 0.994. The summed E-state index contributed by atoms with van der Waals surface area (Å²) < 4.78 is 5.13. The Morgan fingerprint density at radius 2 is 2.00 bits per heavy atom. The highest BCUT2D eigenvalue weighted by Crippen LogP contribution is 2.36. The van der Waals surface area contributed by atoms with Crippen molar-refractivity contribution in [2.24, 2.45) is 5.92 Å². The van der Waals surface area contributed by atoms with Crippen LogP contribution in [-0.2, 0) is 9.59 Å². The summed E-state index contributed by atoms with van der Waals surface area (Å²) in [5.74, 6) is 1.22. The van der Waals surface area contributed by atoms with Crippen molar-refractivity contribution in [3.8, 4) is 5.75 Å². The maximum Gasteiger partial charge on any atom is 0.137 e. The van der Waals surface area contributed by atoms with E-state index in [1.54, 1.807) is 14.0 Å². The molecule has 0 aliphatic heterocycles. The van der Waals surface area contributed by atoms with E-state index in [-0.39, 0.29) is 23.4 Å². The summed E-state index contributed by atoms with van der Waals surface area (Å²) in [6.45, 7) is 1.62. The van der Waals surface area contributed by atoms with E-state index in [9.17, 15) is 9.59 Å². The molecule has 1 saturated carbocycles. The van der Waals surface area contributed by atoms with Crippen LogP contribution in [0.5, 0.6) is 5.75 Å². The molecule has 102 valence electrons. The molecule has 0 heterocycles. The van der Waals surface area contributed by atoms with Crippen LogP contribution in [0, 0.1) is 5.92 Å². The smallest absolute Gasteiger partial charge is 0.137 e. The largest absolute Gasteiger partial charge is 0.497 e. The summed E-state index contributed by atoms with van der Waals surface area (Å²) in [5, 5.41) is 0. The zero-order chi connectivity index (χ0) is 13.8. The first-order valence-electron chi connectivity index (χ1n) is 6.78. The molecule has 0 saturated heterocycles. The van der Waals surface area contributed by atoms with Gasteiger partial charge in [0.05, 0.1) is 7.11 Å². The minimum Gasteiger partial charge on any atom is -0.497 e. The first-order chi connectivity index (χ1) is 9.11. The summed E-state index contributed by atoms with van der Waals surface area (Å²) >= 11 is 0. The van der Waals surface area contributed by atoms with E-state index in [0.29, 0.717) is 12.8 Å². The second-order valence-corrected chi connectivity index (χ2v) is 5.26. The molecule has 1 aliphatic carbocycles. The molecule has 1 fully saturated rings. The molecular weight excluding hydrogens is 240 g/mol. The second-order valence-electron chi connectivity index (χ2n) is 5.26. The number of benzene rings is 1. The third kappa shape index (κ3) is 3.22. The maximum absolute atomic E-state index is 12.0. The van der Waals surface area contributed by atoms with E-state index in [4.69, 9.17) is 4.74 Å². The van der Waals surface area contributed by atoms with Crippen molar-refractivity contribution in [2.75, 3.05) is 7.11 Å². The number of carbonyl (C=O) groups excluding carboxylic acids is 2. The fraction of sp³-hybridized carbons (Fsp3) is 0.500. The first kappa shape index (κ1) is 13.8. The lowest BCUT2D eigenvalue weighted by molar-refractivity contribution is -0.123. The van der Waals surface area contributed by atoms with Gasteiger partial charge in [-0.25, -0.2) is 0 Å². The van der Waals surface area contributed by atoms with Crippen LogP contribution in [0.4, 0.5) is 0 Å². The van der Waals surface area contributed by atoms with Crippen LogP contribution in [0.25, 0.3) is 0 Å². The van der Waals surface area contributed by atoms with Crippen molar-refractivity contribution in [2.45, 2.75) is 38.5 Å². The summed E-state index contributed by atoms with van der Waals surface area (Å²) in [6, 6.07) is 7.61. The molecule has 3 nitrogen and oxygen atoms in total. The molecular formula is C16H20O3. The lowest BCUT2D eigenvalue weighted by Crippen LogP contribution is -2.25. The molecule has 2 unspecified atom stereocenters. The Labute approximate surface area is 114 Å². The van der Waals surface area contributed by atoms with Gasteiger partial charge in [-0.2, -0.15) is 0 Å².